The largest absolute Gasteiger partial charge is 0.440 e. The van der Waals surface area contributed by atoms with E-state index in [-0.39, 0.29) is 6.42 Å². The molecule has 2 nitrogen and oxygen atoms in total. The highest BCUT2D eigenvalue weighted by Crippen LogP contribution is 2.19. The Morgan fingerprint density at radius 2 is 1.79 bits per heavy atom. The van der Waals surface area contributed by atoms with Crippen LogP contribution in [-0.4, -0.2) is 4.98 Å². The minimum atomic E-state index is -0.595. The van der Waals surface area contributed by atoms with Crippen LogP contribution in [0.25, 0.3) is 11.1 Å². The van der Waals surface area contributed by atoms with E-state index in [1.165, 1.54) is 12.1 Å². The van der Waals surface area contributed by atoms with Crippen LogP contribution in [0, 0.1) is 18.6 Å². The van der Waals surface area contributed by atoms with Crippen molar-refractivity contribution in [1.82, 2.24) is 4.98 Å². The van der Waals surface area contributed by atoms with Gasteiger partial charge in [0.15, 0.2) is 11.5 Å². The standard InChI is InChI=1S/C15H11F2NO/c1-9-2-3-13-14(4-9)19-15(18-13)7-10-5-11(16)8-12(17)6-10/h2-6,8H,7H2,1H3. The van der Waals surface area contributed by atoms with Gasteiger partial charge in [0, 0.05) is 12.5 Å². The van der Waals surface area contributed by atoms with Gasteiger partial charge in [-0.15, -0.1) is 0 Å². The molecule has 0 N–H and O–H groups in total. The van der Waals surface area contributed by atoms with Crippen molar-refractivity contribution in [3.8, 4) is 0 Å². The molecular weight excluding hydrogens is 248 g/mol. The monoisotopic (exact) mass is 259 g/mol. The van der Waals surface area contributed by atoms with Crippen LogP contribution in [0.5, 0.6) is 0 Å². The molecule has 96 valence electrons. The van der Waals surface area contributed by atoms with Gasteiger partial charge >= 0.3 is 0 Å². The van der Waals surface area contributed by atoms with Gasteiger partial charge in [-0.05, 0) is 42.3 Å². The van der Waals surface area contributed by atoms with Gasteiger partial charge in [-0.1, -0.05) is 6.07 Å². The van der Waals surface area contributed by atoms with Crippen molar-refractivity contribution in [2.24, 2.45) is 0 Å². The third-order valence-corrected chi connectivity index (χ3v) is 2.87. The van der Waals surface area contributed by atoms with Crippen LogP contribution >= 0.6 is 0 Å². The summed E-state index contributed by atoms with van der Waals surface area (Å²) in [5, 5.41) is 0. The molecule has 4 heteroatoms. The van der Waals surface area contributed by atoms with Crippen molar-refractivity contribution in [2.75, 3.05) is 0 Å². The summed E-state index contributed by atoms with van der Waals surface area (Å²) in [6.45, 7) is 1.96. The second-order valence-corrected chi connectivity index (χ2v) is 4.53. The predicted octanol–water partition coefficient (Wildman–Crippen LogP) is 4.01. The summed E-state index contributed by atoms with van der Waals surface area (Å²) in [5.74, 6) is -0.741. The molecule has 3 aromatic rings. The summed E-state index contributed by atoms with van der Waals surface area (Å²) in [7, 11) is 0. The number of halogens is 2. The number of nitrogens with zero attached hydrogens (tertiary/aromatic N) is 1. The maximum absolute atomic E-state index is 13.1. The van der Waals surface area contributed by atoms with Crippen LogP contribution in [0.15, 0.2) is 40.8 Å². The molecule has 1 heterocycles. The van der Waals surface area contributed by atoms with Crippen LogP contribution in [0.3, 0.4) is 0 Å². The molecule has 0 radical (unpaired) electrons. The zero-order valence-corrected chi connectivity index (χ0v) is 10.3. The molecule has 2 aromatic carbocycles. The van der Waals surface area contributed by atoms with Gasteiger partial charge < -0.3 is 4.42 Å². The van der Waals surface area contributed by atoms with E-state index in [9.17, 15) is 8.78 Å². The van der Waals surface area contributed by atoms with Crippen LogP contribution in [0.1, 0.15) is 17.0 Å². The highest BCUT2D eigenvalue weighted by atomic mass is 19.1. The quantitative estimate of drug-likeness (QED) is 0.695. The van der Waals surface area contributed by atoms with E-state index in [0.29, 0.717) is 17.0 Å². The number of fused-ring (bicyclic) bond motifs is 1. The molecule has 0 bridgehead atoms. The van der Waals surface area contributed by atoms with Crippen LogP contribution in [0.4, 0.5) is 8.78 Å². The SMILES string of the molecule is Cc1ccc2nc(Cc3cc(F)cc(F)c3)oc2c1. The first-order chi connectivity index (χ1) is 9.10. The predicted molar refractivity (Wildman–Crippen MR) is 67.9 cm³/mol. The Morgan fingerprint density at radius 1 is 1.05 bits per heavy atom. The molecule has 0 unspecified atom stereocenters. The lowest BCUT2D eigenvalue weighted by molar-refractivity contribution is 0.540. The average Bonchev–Trinajstić information content (AvgIpc) is 2.68. The molecule has 0 saturated heterocycles. The first kappa shape index (κ1) is 11.8. The maximum atomic E-state index is 13.1. The fourth-order valence-corrected chi connectivity index (χ4v) is 2.04. The normalized spacial score (nSPS) is 11.1. The lowest BCUT2D eigenvalue weighted by Gasteiger charge is -1.98. The first-order valence-electron chi connectivity index (χ1n) is 5.91. The summed E-state index contributed by atoms with van der Waals surface area (Å²) in [6, 6.07) is 9.10. The van der Waals surface area contributed by atoms with Gasteiger partial charge in [0.05, 0.1) is 0 Å². The minimum Gasteiger partial charge on any atom is -0.440 e. The highest BCUT2D eigenvalue weighted by molar-refractivity contribution is 5.73. The molecule has 19 heavy (non-hydrogen) atoms. The molecule has 0 aliphatic carbocycles. The fraction of sp³-hybridized carbons (Fsp3) is 0.133. The number of hydrogen-bond donors (Lipinski definition) is 0. The van der Waals surface area contributed by atoms with Crippen molar-refractivity contribution in [3.05, 3.63) is 65.1 Å². The molecule has 0 saturated carbocycles. The van der Waals surface area contributed by atoms with Gasteiger partial charge in [-0.3, -0.25) is 0 Å². The summed E-state index contributed by atoms with van der Waals surface area (Å²) in [6.07, 6.45) is 0.266. The van der Waals surface area contributed by atoms with E-state index < -0.39 is 11.6 Å². The Hall–Kier alpha value is -2.23. The van der Waals surface area contributed by atoms with Gasteiger partial charge in [0.25, 0.3) is 0 Å². The summed E-state index contributed by atoms with van der Waals surface area (Å²) < 4.78 is 31.8. The van der Waals surface area contributed by atoms with Crippen molar-refractivity contribution >= 4 is 11.1 Å². The summed E-state index contributed by atoms with van der Waals surface area (Å²) in [4.78, 5) is 4.30. The number of hydrogen-bond acceptors (Lipinski definition) is 2. The van der Waals surface area contributed by atoms with Crippen LogP contribution in [0.2, 0.25) is 0 Å². The zero-order valence-electron chi connectivity index (χ0n) is 10.3. The third kappa shape index (κ3) is 2.47. The molecule has 0 aliphatic heterocycles. The Kier molecular flexibility index (Phi) is 2.78. The number of oxazole rings is 1. The van der Waals surface area contributed by atoms with Gasteiger partial charge in [-0.25, -0.2) is 13.8 Å². The summed E-state index contributed by atoms with van der Waals surface area (Å²) >= 11 is 0. The Bertz CT molecular complexity index is 729. The Morgan fingerprint density at radius 3 is 2.53 bits per heavy atom. The van der Waals surface area contributed by atoms with Crippen molar-refractivity contribution in [1.29, 1.82) is 0 Å². The molecular formula is C15H11F2NO. The molecule has 0 fully saturated rings. The van der Waals surface area contributed by atoms with Crippen LogP contribution < -0.4 is 0 Å². The first-order valence-corrected chi connectivity index (χ1v) is 5.91. The fourth-order valence-electron chi connectivity index (χ4n) is 2.04. The Balaban J connectivity index is 1.96. The third-order valence-electron chi connectivity index (χ3n) is 2.87. The number of rotatable bonds is 2. The lowest BCUT2D eigenvalue weighted by Crippen LogP contribution is -1.91. The van der Waals surface area contributed by atoms with E-state index in [1.54, 1.807) is 0 Å². The second kappa shape index (κ2) is 4.46. The van der Waals surface area contributed by atoms with Crippen molar-refractivity contribution < 1.29 is 13.2 Å². The van der Waals surface area contributed by atoms with E-state index in [1.807, 2.05) is 25.1 Å². The van der Waals surface area contributed by atoms with E-state index >= 15 is 0 Å². The Labute approximate surface area is 108 Å². The topological polar surface area (TPSA) is 26.0 Å². The van der Waals surface area contributed by atoms with Crippen LogP contribution in [-0.2, 0) is 6.42 Å². The number of aryl methyl sites for hydroxylation is 1. The molecule has 3 rings (SSSR count). The van der Waals surface area contributed by atoms with Gasteiger partial charge in [0.2, 0.25) is 0 Å². The maximum Gasteiger partial charge on any atom is 0.199 e. The van der Waals surface area contributed by atoms with Gasteiger partial charge in [-0.2, -0.15) is 0 Å². The second-order valence-electron chi connectivity index (χ2n) is 4.53. The van der Waals surface area contributed by atoms with E-state index in [0.717, 1.165) is 17.1 Å². The average molecular weight is 259 g/mol. The minimum absolute atomic E-state index is 0.266. The molecule has 0 spiro atoms. The van der Waals surface area contributed by atoms with Crippen molar-refractivity contribution in [3.63, 3.8) is 0 Å². The highest BCUT2D eigenvalue weighted by Gasteiger charge is 2.08. The van der Waals surface area contributed by atoms with E-state index in [4.69, 9.17) is 4.42 Å². The van der Waals surface area contributed by atoms with Gasteiger partial charge in [0.1, 0.15) is 17.2 Å². The molecule has 0 aliphatic rings. The lowest BCUT2D eigenvalue weighted by atomic mass is 10.1. The molecule has 0 atom stereocenters. The smallest absolute Gasteiger partial charge is 0.199 e. The molecule has 0 amide bonds. The van der Waals surface area contributed by atoms with E-state index in [2.05, 4.69) is 4.98 Å². The number of aromatic nitrogens is 1. The number of benzene rings is 2. The zero-order chi connectivity index (χ0) is 13.4. The summed E-state index contributed by atoms with van der Waals surface area (Å²) in [5.41, 5.74) is 3.01. The molecule has 1 aromatic heterocycles. The van der Waals surface area contributed by atoms with Crippen molar-refractivity contribution in [2.45, 2.75) is 13.3 Å².